The molecule has 1 unspecified atom stereocenters. The van der Waals surface area contributed by atoms with Gasteiger partial charge in [-0.1, -0.05) is 12.1 Å². The Morgan fingerprint density at radius 3 is 2.82 bits per heavy atom. The van der Waals surface area contributed by atoms with Crippen LogP contribution in [0.25, 0.3) is 0 Å². The lowest BCUT2D eigenvalue weighted by atomic mass is 10.1. The number of carbonyl (C=O) groups is 1. The maximum absolute atomic E-state index is 11.7. The van der Waals surface area contributed by atoms with Crippen molar-refractivity contribution in [1.29, 1.82) is 5.26 Å². The highest BCUT2D eigenvalue weighted by Gasteiger charge is 2.21. The molecule has 1 aliphatic rings. The van der Waals surface area contributed by atoms with Gasteiger partial charge in [0.05, 0.1) is 17.6 Å². The van der Waals surface area contributed by atoms with Crippen LogP contribution in [-0.4, -0.2) is 19.0 Å². The highest BCUT2D eigenvalue weighted by Crippen LogP contribution is 2.08. The number of hydrogen-bond donors (Lipinski definition) is 2. The Morgan fingerprint density at radius 1 is 1.47 bits per heavy atom. The maximum Gasteiger partial charge on any atom is 0.224 e. The number of carbonyl (C=O) groups excluding carboxylic acids is 1. The van der Waals surface area contributed by atoms with Crippen LogP contribution < -0.4 is 10.6 Å². The third-order valence-corrected chi connectivity index (χ3v) is 2.98. The van der Waals surface area contributed by atoms with E-state index in [1.807, 2.05) is 12.1 Å². The highest BCUT2D eigenvalue weighted by atomic mass is 16.1. The first-order valence-corrected chi connectivity index (χ1v) is 5.77. The van der Waals surface area contributed by atoms with E-state index in [4.69, 9.17) is 5.26 Å². The summed E-state index contributed by atoms with van der Waals surface area (Å²) in [5.41, 5.74) is 1.66. The van der Waals surface area contributed by atoms with Crippen molar-refractivity contribution < 1.29 is 4.79 Å². The molecule has 88 valence electrons. The largest absolute Gasteiger partial charge is 0.352 e. The van der Waals surface area contributed by atoms with Crippen LogP contribution in [-0.2, 0) is 11.3 Å². The van der Waals surface area contributed by atoms with E-state index in [9.17, 15) is 4.79 Å². The Labute approximate surface area is 101 Å². The Bertz CT molecular complexity index is 427. The van der Waals surface area contributed by atoms with Gasteiger partial charge in [0.2, 0.25) is 5.91 Å². The third-order valence-electron chi connectivity index (χ3n) is 2.98. The molecule has 4 heteroatoms. The molecular weight excluding hydrogens is 214 g/mol. The van der Waals surface area contributed by atoms with Crippen molar-refractivity contribution in [3.05, 3.63) is 35.4 Å². The van der Waals surface area contributed by atoms with E-state index in [0.29, 0.717) is 12.1 Å². The van der Waals surface area contributed by atoms with Crippen LogP contribution in [0.2, 0.25) is 0 Å². The molecule has 1 amide bonds. The van der Waals surface area contributed by atoms with Crippen LogP contribution in [0, 0.1) is 17.2 Å². The van der Waals surface area contributed by atoms with E-state index in [-0.39, 0.29) is 11.8 Å². The van der Waals surface area contributed by atoms with Crippen LogP contribution in [0.5, 0.6) is 0 Å². The predicted molar refractivity (Wildman–Crippen MR) is 64.0 cm³/mol. The molecule has 1 heterocycles. The number of nitrogens with one attached hydrogen (secondary N) is 2. The number of amides is 1. The lowest BCUT2D eigenvalue weighted by Crippen LogP contribution is -2.31. The average molecular weight is 229 g/mol. The van der Waals surface area contributed by atoms with E-state index >= 15 is 0 Å². The zero-order valence-corrected chi connectivity index (χ0v) is 9.57. The van der Waals surface area contributed by atoms with Crippen LogP contribution in [0.4, 0.5) is 0 Å². The van der Waals surface area contributed by atoms with Gasteiger partial charge in [0.1, 0.15) is 0 Å². The molecule has 0 bridgehead atoms. The minimum Gasteiger partial charge on any atom is -0.352 e. The average Bonchev–Trinajstić information content (AvgIpc) is 2.90. The molecular formula is C13H15N3O. The first kappa shape index (κ1) is 11.6. The molecule has 2 N–H and O–H groups in total. The smallest absolute Gasteiger partial charge is 0.224 e. The summed E-state index contributed by atoms with van der Waals surface area (Å²) in [5.74, 6) is 0.216. The van der Waals surface area contributed by atoms with Gasteiger partial charge in [-0.15, -0.1) is 0 Å². The Kier molecular flexibility index (Phi) is 3.73. The minimum absolute atomic E-state index is 0.105. The molecule has 0 spiro atoms. The number of nitrogens with zero attached hydrogens (tertiary/aromatic N) is 1. The molecule has 1 saturated heterocycles. The first-order valence-electron chi connectivity index (χ1n) is 5.77. The van der Waals surface area contributed by atoms with Crippen LogP contribution in [0.3, 0.4) is 0 Å². The lowest BCUT2D eigenvalue weighted by Gasteiger charge is -2.09. The SMILES string of the molecule is N#Cc1ccc(CNC(=O)C2CCNC2)cc1. The monoisotopic (exact) mass is 229 g/mol. The molecule has 4 nitrogen and oxygen atoms in total. The van der Waals surface area contributed by atoms with Gasteiger partial charge in [-0.05, 0) is 30.7 Å². The number of benzene rings is 1. The van der Waals surface area contributed by atoms with Gasteiger partial charge in [0.25, 0.3) is 0 Å². The topological polar surface area (TPSA) is 64.9 Å². The fraction of sp³-hybridized carbons (Fsp3) is 0.385. The van der Waals surface area contributed by atoms with Crippen molar-refractivity contribution in [2.24, 2.45) is 5.92 Å². The molecule has 1 atom stereocenters. The lowest BCUT2D eigenvalue weighted by molar-refractivity contribution is -0.124. The third kappa shape index (κ3) is 3.05. The van der Waals surface area contributed by atoms with E-state index in [2.05, 4.69) is 16.7 Å². The fourth-order valence-electron chi connectivity index (χ4n) is 1.91. The van der Waals surface area contributed by atoms with Crippen molar-refractivity contribution in [1.82, 2.24) is 10.6 Å². The molecule has 0 aliphatic carbocycles. The summed E-state index contributed by atoms with van der Waals surface area (Å²) in [6.07, 6.45) is 0.916. The van der Waals surface area contributed by atoms with Crippen molar-refractivity contribution in [2.45, 2.75) is 13.0 Å². The summed E-state index contributed by atoms with van der Waals surface area (Å²) in [6, 6.07) is 9.33. The van der Waals surface area contributed by atoms with E-state index in [1.54, 1.807) is 12.1 Å². The maximum atomic E-state index is 11.7. The molecule has 17 heavy (non-hydrogen) atoms. The van der Waals surface area contributed by atoms with Gasteiger partial charge >= 0.3 is 0 Å². The fourth-order valence-corrected chi connectivity index (χ4v) is 1.91. The summed E-state index contributed by atoms with van der Waals surface area (Å²) in [7, 11) is 0. The molecule has 0 saturated carbocycles. The molecule has 0 aromatic heterocycles. The summed E-state index contributed by atoms with van der Waals surface area (Å²) in [4.78, 5) is 11.7. The van der Waals surface area contributed by atoms with Crippen LogP contribution in [0.1, 0.15) is 17.5 Å². The van der Waals surface area contributed by atoms with Crippen molar-refractivity contribution in [2.75, 3.05) is 13.1 Å². The normalized spacial score (nSPS) is 18.6. The van der Waals surface area contributed by atoms with Crippen molar-refractivity contribution >= 4 is 5.91 Å². The molecule has 2 rings (SSSR count). The number of nitriles is 1. The highest BCUT2D eigenvalue weighted by molar-refractivity contribution is 5.79. The summed E-state index contributed by atoms with van der Waals surface area (Å²) < 4.78 is 0. The summed E-state index contributed by atoms with van der Waals surface area (Å²) in [6.45, 7) is 2.23. The second kappa shape index (κ2) is 5.46. The zero-order valence-electron chi connectivity index (χ0n) is 9.57. The van der Waals surface area contributed by atoms with Crippen molar-refractivity contribution in [3.8, 4) is 6.07 Å². The molecule has 1 aliphatic heterocycles. The minimum atomic E-state index is 0.105. The van der Waals surface area contributed by atoms with E-state index < -0.39 is 0 Å². The van der Waals surface area contributed by atoms with Crippen LogP contribution in [0.15, 0.2) is 24.3 Å². The number of rotatable bonds is 3. The summed E-state index contributed by atoms with van der Waals surface area (Å²) in [5, 5.41) is 14.7. The van der Waals surface area contributed by atoms with Gasteiger partial charge in [-0.25, -0.2) is 0 Å². The van der Waals surface area contributed by atoms with Gasteiger partial charge in [-0.3, -0.25) is 4.79 Å². The van der Waals surface area contributed by atoms with Crippen LogP contribution >= 0.6 is 0 Å². The molecule has 1 fully saturated rings. The Hall–Kier alpha value is -1.86. The van der Waals surface area contributed by atoms with Gasteiger partial charge in [-0.2, -0.15) is 5.26 Å². The second-order valence-corrected chi connectivity index (χ2v) is 4.22. The first-order chi connectivity index (χ1) is 8.29. The quantitative estimate of drug-likeness (QED) is 0.805. The molecule has 1 aromatic carbocycles. The predicted octanol–water partition coefficient (Wildman–Crippen LogP) is 0.784. The van der Waals surface area contributed by atoms with Gasteiger partial charge < -0.3 is 10.6 Å². The van der Waals surface area contributed by atoms with Crippen molar-refractivity contribution in [3.63, 3.8) is 0 Å². The van der Waals surface area contributed by atoms with Gasteiger partial charge in [0, 0.05) is 13.1 Å². The number of hydrogen-bond acceptors (Lipinski definition) is 3. The standard InChI is InChI=1S/C13H15N3O/c14-7-10-1-3-11(4-2-10)8-16-13(17)12-5-6-15-9-12/h1-4,12,15H,5-6,8-9H2,(H,16,17). The molecule has 1 aromatic rings. The van der Waals surface area contributed by atoms with E-state index in [1.165, 1.54) is 0 Å². The van der Waals surface area contributed by atoms with E-state index in [0.717, 1.165) is 25.1 Å². The Balaban J connectivity index is 1.84. The Morgan fingerprint density at radius 2 is 2.24 bits per heavy atom. The summed E-state index contributed by atoms with van der Waals surface area (Å²) >= 11 is 0. The van der Waals surface area contributed by atoms with Gasteiger partial charge in [0.15, 0.2) is 0 Å². The molecule has 0 radical (unpaired) electrons. The zero-order chi connectivity index (χ0) is 12.1. The second-order valence-electron chi connectivity index (χ2n) is 4.22.